The predicted octanol–water partition coefficient (Wildman–Crippen LogP) is 4.52. The molecule has 0 aliphatic carbocycles. The van der Waals surface area contributed by atoms with E-state index in [9.17, 15) is 0 Å². The fraction of sp³-hybridized carbons (Fsp3) is 1.00. The van der Waals surface area contributed by atoms with Gasteiger partial charge >= 0.3 is 0 Å². The minimum Gasteiger partial charge on any atom is -0.324 e. The summed E-state index contributed by atoms with van der Waals surface area (Å²) in [4.78, 5) is 0. The fourth-order valence-electron chi connectivity index (χ4n) is 2.56. The topological polar surface area (TPSA) is 0 Å². The van der Waals surface area contributed by atoms with Crippen molar-refractivity contribution in [2.45, 2.75) is 65.7 Å². The second kappa shape index (κ2) is 11.4. The number of quaternary nitrogens is 1. The third kappa shape index (κ3) is 8.10. The zero-order valence-electron chi connectivity index (χ0n) is 12.4. The molecule has 0 aromatic heterocycles. The van der Waals surface area contributed by atoms with Crippen LogP contribution in [-0.2, 0) is 0 Å². The van der Waals surface area contributed by atoms with E-state index in [1.807, 2.05) is 0 Å². The first-order valence-electron chi connectivity index (χ1n) is 7.70. The first-order chi connectivity index (χ1) is 8.24. The lowest BCUT2D eigenvalue weighted by atomic mass is 10.1. The Bertz CT molecular complexity index is 121. The maximum Gasteiger partial charge on any atom is 0.0794 e. The molecule has 0 bridgehead atoms. The van der Waals surface area contributed by atoms with Gasteiger partial charge in [-0.2, -0.15) is 12.6 Å². The highest BCUT2D eigenvalue weighted by Crippen LogP contribution is 2.16. The molecule has 17 heavy (non-hydrogen) atoms. The van der Waals surface area contributed by atoms with Gasteiger partial charge in [0.15, 0.2) is 0 Å². The zero-order chi connectivity index (χ0) is 13.0. The number of hydrogen-bond acceptors (Lipinski definition) is 1. The van der Waals surface area contributed by atoms with Crippen LogP contribution in [0.15, 0.2) is 0 Å². The molecule has 0 spiro atoms. The summed E-state index contributed by atoms with van der Waals surface area (Å²) in [5, 5.41) is 0. The van der Waals surface area contributed by atoms with Gasteiger partial charge in [-0.05, 0) is 25.0 Å². The summed E-state index contributed by atoms with van der Waals surface area (Å²) < 4.78 is 1.37. The highest BCUT2D eigenvalue weighted by atomic mass is 32.1. The molecule has 0 rings (SSSR count). The Morgan fingerprint density at radius 3 is 1.29 bits per heavy atom. The van der Waals surface area contributed by atoms with Gasteiger partial charge in [-0.25, -0.2) is 0 Å². The summed E-state index contributed by atoms with van der Waals surface area (Å²) >= 11 is 4.40. The standard InChI is InChI=1S/C15H33NS/c1-4-7-11-16(12-8-5-2,13-9-6-3)14-10-15-17/h4-15H2,1-3H3/p+1. The largest absolute Gasteiger partial charge is 0.324 e. The summed E-state index contributed by atoms with van der Waals surface area (Å²) in [6.07, 6.45) is 9.44. The molecule has 1 nitrogen and oxygen atoms in total. The van der Waals surface area contributed by atoms with E-state index in [0.717, 1.165) is 5.75 Å². The summed E-state index contributed by atoms with van der Waals surface area (Å²) in [5.74, 6) is 1.05. The maximum atomic E-state index is 4.40. The van der Waals surface area contributed by atoms with Gasteiger partial charge in [-0.15, -0.1) is 0 Å². The van der Waals surface area contributed by atoms with Crippen molar-refractivity contribution in [2.24, 2.45) is 0 Å². The van der Waals surface area contributed by atoms with Crippen molar-refractivity contribution in [3.05, 3.63) is 0 Å². The SMILES string of the molecule is CCCC[N+](CCCC)(CCCC)CCCS. The Balaban J connectivity index is 4.39. The average Bonchev–Trinajstić information content (AvgIpc) is 2.37. The average molecular weight is 261 g/mol. The lowest BCUT2D eigenvalue weighted by Crippen LogP contribution is -2.50. The monoisotopic (exact) mass is 260 g/mol. The van der Waals surface area contributed by atoms with Crippen molar-refractivity contribution in [1.29, 1.82) is 0 Å². The third-order valence-corrected chi connectivity index (χ3v) is 4.06. The first kappa shape index (κ1) is 17.3. The Morgan fingerprint density at radius 2 is 1.00 bits per heavy atom. The molecule has 104 valence electrons. The molecule has 0 atom stereocenters. The molecule has 0 unspecified atom stereocenters. The number of hydrogen-bond donors (Lipinski definition) is 1. The summed E-state index contributed by atoms with van der Waals surface area (Å²) in [6, 6.07) is 0. The smallest absolute Gasteiger partial charge is 0.0794 e. The van der Waals surface area contributed by atoms with E-state index in [-0.39, 0.29) is 0 Å². The molecule has 0 aromatic carbocycles. The number of thiol groups is 1. The molecule has 0 aliphatic heterocycles. The number of unbranched alkanes of at least 4 members (excludes halogenated alkanes) is 3. The van der Waals surface area contributed by atoms with Gasteiger partial charge in [0.05, 0.1) is 26.2 Å². The molecule has 0 amide bonds. The van der Waals surface area contributed by atoms with Crippen molar-refractivity contribution < 1.29 is 4.48 Å². The van der Waals surface area contributed by atoms with Crippen LogP contribution < -0.4 is 0 Å². The van der Waals surface area contributed by atoms with Crippen molar-refractivity contribution in [3.8, 4) is 0 Å². The van der Waals surface area contributed by atoms with Gasteiger partial charge in [0, 0.05) is 6.42 Å². The van der Waals surface area contributed by atoms with Gasteiger partial charge in [0.2, 0.25) is 0 Å². The van der Waals surface area contributed by atoms with Gasteiger partial charge in [0.1, 0.15) is 0 Å². The maximum absolute atomic E-state index is 4.40. The summed E-state index contributed by atoms with van der Waals surface area (Å²) in [5.41, 5.74) is 0. The van der Waals surface area contributed by atoms with Crippen LogP contribution in [0, 0.1) is 0 Å². The van der Waals surface area contributed by atoms with Gasteiger partial charge < -0.3 is 4.48 Å². The van der Waals surface area contributed by atoms with Crippen molar-refractivity contribution in [3.63, 3.8) is 0 Å². The molecule has 0 saturated heterocycles. The molecule has 0 heterocycles. The van der Waals surface area contributed by atoms with Crippen LogP contribution in [0.5, 0.6) is 0 Å². The van der Waals surface area contributed by atoms with Crippen LogP contribution in [0.25, 0.3) is 0 Å². The highest BCUT2D eigenvalue weighted by Gasteiger charge is 2.24. The number of nitrogens with zero attached hydrogens (tertiary/aromatic N) is 1. The van der Waals surface area contributed by atoms with E-state index in [0.29, 0.717) is 0 Å². The van der Waals surface area contributed by atoms with Crippen LogP contribution in [0.4, 0.5) is 0 Å². The van der Waals surface area contributed by atoms with Crippen molar-refractivity contribution >= 4 is 12.6 Å². The van der Waals surface area contributed by atoms with Crippen molar-refractivity contribution in [1.82, 2.24) is 0 Å². The molecule has 0 fully saturated rings. The van der Waals surface area contributed by atoms with Crippen LogP contribution in [0.3, 0.4) is 0 Å². The van der Waals surface area contributed by atoms with Crippen LogP contribution in [0.2, 0.25) is 0 Å². The van der Waals surface area contributed by atoms with E-state index < -0.39 is 0 Å². The lowest BCUT2D eigenvalue weighted by Gasteiger charge is -2.39. The molecule has 0 radical (unpaired) electrons. The van der Waals surface area contributed by atoms with Crippen LogP contribution in [0.1, 0.15) is 65.7 Å². The van der Waals surface area contributed by atoms with E-state index in [2.05, 4.69) is 33.4 Å². The summed E-state index contributed by atoms with van der Waals surface area (Å²) in [6.45, 7) is 12.5. The lowest BCUT2D eigenvalue weighted by molar-refractivity contribution is -0.928. The molecular formula is C15H34NS+. The predicted molar refractivity (Wildman–Crippen MR) is 82.9 cm³/mol. The molecule has 0 aliphatic rings. The zero-order valence-corrected chi connectivity index (χ0v) is 13.3. The Hall–Kier alpha value is 0.310. The molecule has 0 saturated carbocycles. The van der Waals surface area contributed by atoms with Gasteiger partial charge in [0.25, 0.3) is 0 Å². The van der Waals surface area contributed by atoms with Crippen LogP contribution >= 0.6 is 12.6 Å². The second-order valence-corrected chi connectivity index (χ2v) is 5.82. The molecular weight excluding hydrogens is 226 g/mol. The molecule has 0 aromatic rings. The van der Waals surface area contributed by atoms with E-state index in [1.165, 1.54) is 75.6 Å². The molecule has 2 heteroatoms. The molecule has 0 N–H and O–H groups in total. The minimum absolute atomic E-state index is 1.05. The second-order valence-electron chi connectivity index (χ2n) is 5.37. The fourth-order valence-corrected chi connectivity index (χ4v) is 2.70. The van der Waals surface area contributed by atoms with E-state index in [4.69, 9.17) is 0 Å². The normalized spacial score (nSPS) is 12.0. The van der Waals surface area contributed by atoms with Crippen LogP contribution in [-0.4, -0.2) is 36.4 Å². The Labute approximate surface area is 115 Å². The van der Waals surface area contributed by atoms with E-state index in [1.54, 1.807) is 0 Å². The quantitative estimate of drug-likeness (QED) is 0.387. The van der Waals surface area contributed by atoms with Gasteiger partial charge in [-0.1, -0.05) is 40.0 Å². The highest BCUT2D eigenvalue weighted by molar-refractivity contribution is 7.80. The van der Waals surface area contributed by atoms with Crippen molar-refractivity contribution in [2.75, 3.05) is 31.9 Å². The van der Waals surface area contributed by atoms with E-state index >= 15 is 0 Å². The first-order valence-corrected chi connectivity index (χ1v) is 8.33. The summed E-state index contributed by atoms with van der Waals surface area (Å²) in [7, 11) is 0. The Kier molecular flexibility index (Phi) is 11.6. The minimum atomic E-state index is 1.05. The number of rotatable bonds is 12. The van der Waals surface area contributed by atoms with Gasteiger partial charge in [-0.3, -0.25) is 0 Å². The Morgan fingerprint density at radius 1 is 0.647 bits per heavy atom. The third-order valence-electron chi connectivity index (χ3n) is 3.75.